The third-order valence-electron chi connectivity index (χ3n) is 10.2. The van der Waals surface area contributed by atoms with Gasteiger partial charge in [0.05, 0.1) is 0 Å². The normalized spacial score (nSPS) is 18.3. The Hall–Kier alpha value is -2.06. The lowest BCUT2D eigenvalue weighted by atomic mass is 10.0. The lowest BCUT2D eigenvalue weighted by Gasteiger charge is -2.28. The van der Waals surface area contributed by atoms with E-state index in [0.717, 1.165) is 62.2 Å². The van der Waals surface area contributed by atoms with Crippen molar-refractivity contribution >= 4 is 45.0 Å². The van der Waals surface area contributed by atoms with Gasteiger partial charge in [-0.2, -0.15) is 0 Å². The number of fused-ring (bicyclic) bond motifs is 4. The standard InChI is InChI=1S/C19H26ClN3.C18H26ClN3/c1-21-10-7-16-17-13-15(20)5-6-18(17)23(19(16)14-21)12-11-22-8-3-2-4-9-22;1-20-8-7-15-14-22(12-11-21-9-3-2-4-10-21)18-6-5-16(19)13-17(15)18/h5-6,13H,2-4,7-12,14H2,1H3;5-6,13-14,20H,2-4,7-12H2,1H3. The van der Waals surface area contributed by atoms with E-state index in [9.17, 15) is 0 Å². The van der Waals surface area contributed by atoms with Crippen molar-refractivity contribution in [3.8, 4) is 0 Å². The molecule has 0 spiro atoms. The highest BCUT2D eigenvalue weighted by Crippen LogP contribution is 2.32. The number of benzene rings is 2. The van der Waals surface area contributed by atoms with Gasteiger partial charge in [-0.05, 0) is 133 Å². The SMILES string of the molecule is CN1CCc2c(n(CCN3CCCCC3)c3ccc(Cl)cc23)C1.CNCCc1cn(CCN2CCCCC2)c2ccc(Cl)cc12. The van der Waals surface area contributed by atoms with E-state index in [2.05, 4.69) is 66.7 Å². The fraction of sp³-hybridized carbons (Fsp3) is 0.568. The summed E-state index contributed by atoms with van der Waals surface area (Å²) in [6, 6.07) is 12.7. The lowest BCUT2D eigenvalue weighted by molar-refractivity contribution is 0.219. The van der Waals surface area contributed by atoms with Crippen molar-refractivity contribution in [3.05, 3.63) is 69.5 Å². The van der Waals surface area contributed by atoms with E-state index >= 15 is 0 Å². The van der Waals surface area contributed by atoms with Gasteiger partial charge in [-0.25, -0.2) is 0 Å². The van der Waals surface area contributed by atoms with E-state index in [1.807, 2.05) is 19.2 Å². The zero-order valence-corrected chi connectivity index (χ0v) is 29.0. The van der Waals surface area contributed by atoms with Crippen LogP contribution in [0.3, 0.4) is 0 Å². The maximum atomic E-state index is 6.27. The molecular formula is C37H52Cl2N6. The number of hydrogen-bond donors (Lipinski definition) is 1. The minimum Gasteiger partial charge on any atom is -0.346 e. The first-order valence-electron chi connectivity index (χ1n) is 17.3. The minimum absolute atomic E-state index is 0.826. The molecule has 6 nitrogen and oxygen atoms in total. The molecule has 5 heterocycles. The van der Waals surface area contributed by atoms with Gasteiger partial charge in [0.25, 0.3) is 0 Å². The van der Waals surface area contributed by atoms with Crippen molar-refractivity contribution in [2.45, 2.75) is 71.0 Å². The Morgan fingerprint density at radius 2 is 1.33 bits per heavy atom. The molecule has 0 amide bonds. The Morgan fingerprint density at radius 1 is 0.711 bits per heavy atom. The van der Waals surface area contributed by atoms with Crippen molar-refractivity contribution in [1.82, 2.24) is 29.2 Å². The Morgan fingerprint density at radius 3 is 2.00 bits per heavy atom. The molecule has 0 aliphatic carbocycles. The lowest BCUT2D eigenvalue weighted by Crippen LogP contribution is -2.33. The second-order valence-corrected chi connectivity index (χ2v) is 14.3. The molecule has 45 heavy (non-hydrogen) atoms. The summed E-state index contributed by atoms with van der Waals surface area (Å²) in [5.74, 6) is 0. The van der Waals surface area contributed by atoms with Gasteiger partial charge in [0.15, 0.2) is 0 Å². The van der Waals surface area contributed by atoms with E-state index in [1.54, 1.807) is 0 Å². The highest BCUT2D eigenvalue weighted by molar-refractivity contribution is 6.31. The van der Waals surface area contributed by atoms with Crippen molar-refractivity contribution in [1.29, 1.82) is 0 Å². The Labute approximate surface area is 280 Å². The van der Waals surface area contributed by atoms with E-state index in [0.29, 0.717) is 0 Å². The van der Waals surface area contributed by atoms with Crippen LogP contribution in [-0.2, 0) is 32.5 Å². The second-order valence-electron chi connectivity index (χ2n) is 13.4. The summed E-state index contributed by atoms with van der Waals surface area (Å²) < 4.78 is 4.97. The Kier molecular flexibility index (Phi) is 11.5. The predicted octanol–water partition coefficient (Wildman–Crippen LogP) is 7.31. The number of nitrogens with zero attached hydrogens (tertiary/aromatic N) is 5. The van der Waals surface area contributed by atoms with Crippen LogP contribution < -0.4 is 5.32 Å². The first-order valence-corrected chi connectivity index (χ1v) is 18.1. The van der Waals surface area contributed by atoms with Crippen LogP contribution in [-0.4, -0.2) is 90.3 Å². The summed E-state index contributed by atoms with van der Waals surface area (Å²) in [4.78, 5) is 7.66. The average molecular weight is 652 g/mol. The van der Waals surface area contributed by atoms with E-state index in [1.165, 1.54) is 110 Å². The van der Waals surface area contributed by atoms with Gasteiger partial charge >= 0.3 is 0 Å². The third kappa shape index (κ3) is 8.09. The molecule has 0 atom stereocenters. The number of halogens is 2. The molecule has 0 saturated carbocycles. The third-order valence-corrected chi connectivity index (χ3v) is 10.6. The maximum absolute atomic E-state index is 6.27. The van der Waals surface area contributed by atoms with Gasteiger partial charge in [-0.1, -0.05) is 36.0 Å². The molecule has 8 heteroatoms. The summed E-state index contributed by atoms with van der Waals surface area (Å²) in [5, 5.41) is 7.60. The van der Waals surface area contributed by atoms with Crippen molar-refractivity contribution in [3.63, 3.8) is 0 Å². The van der Waals surface area contributed by atoms with Gasteiger partial charge < -0.3 is 29.2 Å². The number of nitrogens with one attached hydrogen (secondary N) is 1. The van der Waals surface area contributed by atoms with Gasteiger partial charge in [-0.15, -0.1) is 0 Å². The zero-order chi connectivity index (χ0) is 31.2. The maximum Gasteiger partial charge on any atom is 0.0487 e. The van der Waals surface area contributed by atoms with Gasteiger partial charge in [-0.3, -0.25) is 0 Å². The number of rotatable bonds is 9. The molecule has 0 bridgehead atoms. The Balaban J connectivity index is 0.000000159. The summed E-state index contributed by atoms with van der Waals surface area (Å²) in [6.45, 7) is 12.7. The molecule has 0 unspecified atom stereocenters. The summed E-state index contributed by atoms with van der Waals surface area (Å²) >= 11 is 12.5. The Bertz CT molecular complexity index is 1550. The largest absolute Gasteiger partial charge is 0.346 e. The van der Waals surface area contributed by atoms with Gasteiger partial charge in [0.1, 0.15) is 0 Å². The highest BCUT2D eigenvalue weighted by atomic mass is 35.5. The monoisotopic (exact) mass is 650 g/mol. The molecule has 1 N–H and O–H groups in total. The van der Waals surface area contributed by atoms with Crippen LogP contribution in [0.2, 0.25) is 10.0 Å². The van der Waals surface area contributed by atoms with Crippen LogP contribution in [0, 0.1) is 0 Å². The van der Waals surface area contributed by atoms with Gasteiger partial charge in [0, 0.05) is 83.0 Å². The molecule has 2 aromatic heterocycles. The number of likely N-dealkylation sites (tertiary alicyclic amines) is 2. The number of piperidine rings is 2. The second kappa shape index (κ2) is 15.7. The van der Waals surface area contributed by atoms with E-state index < -0.39 is 0 Å². The molecule has 3 aliphatic rings. The number of likely N-dealkylation sites (N-methyl/N-ethyl adjacent to an activating group) is 2. The van der Waals surface area contributed by atoms with Crippen molar-refractivity contribution in [2.75, 3.05) is 66.5 Å². The van der Waals surface area contributed by atoms with Gasteiger partial charge in [0.2, 0.25) is 0 Å². The fourth-order valence-corrected chi connectivity index (χ4v) is 7.99. The summed E-state index contributed by atoms with van der Waals surface area (Å²) in [6.07, 6.45) is 12.7. The average Bonchev–Trinajstić information content (AvgIpc) is 3.56. The van der Waals surface area contributed by atoms with E-state index in [4.69, 9.17) is 23.2 Å². The quantitative estimate of drug-likeness (QED) is 0.206. The molecule has 2 saturated heterocycles. The van der Waals surface area contributed by atoms with Crippen LogP contribution in [0.25, 0.3) is 21.8 Å². The van der Waals surface area contributed by atoms with E-state index in [-0.39, 0.29) is 0 Å². The molecule has 2 fully saturated rings. The number of aromatic nitrogens is 2. The fourth-order valence-electron chi connectivity index (χ4n) is 7.65. The molecule has 3 aliphatic heterocycles. The summed E-state index contributed by atoms with van der Waals surface area (Å²) in [7, 11) is 4.23. The smallest absolute Gasteiger partial charge is 0.0487 e. The summed E-state index contributed by atoms with van der Waals surface area (Å²) in [5.41, 5.74) is 7.11. The van der Waals surface area contributed by atoms with Crippen LogP contribution in [0.4, 0.5) is 0 Å². The topological polar surface area (TPSA) is 31.6 Å². The molecular weight excluding hydrogens is 599 g/mol. The van der Waals surface area contributed by atoms with Crippen LogP contribution in [0.1, 0.15) is 55.3 Å². The molecule has 0 radical (unpaired) electrons. The molecule has 244 valence electrons. The minimum atomic E-state index is 0.826. The first-order chi connectivity index (χ1) is 22.0. The van der Waals surface area contributed by atoms with Crippen LogP contribution >= 0.6 is 23.2 Å². The van der Waals surface area contributed by atoms with Crippen molar-refractivity contribution in [2.24, 2.45) is 0 Å². The molecule has 7 rings (SSSR count). The predicted molar refractivity (Wildman–Crippen MR) is 192 cm³/mol. The first kappa shape index (κ1) is 32.9. The zero-order valence-electron chi connectivity index (χ0n) is 27.5. The molecule has 4 aromatic rings. The van der Waals surface area contributed by atoms with Crippen LogP contribution in [0.5, 0.6) is 0 Å². The number of hydrogen-bond acceptors (Lipinski definition) is 4. The highest BCUT2D eigenvalue weighted by Gasteiger charge is 2.23. The van der Waals surface area contributed by atoms with Crippen LogP contribution in [0.15, 0.2) is 42.6 Å². The van der Waals surface area contributed by atoms with Crippen molar-refractivity contribution < 1.29 is 0 Å². The molecule has 2 aromatic carbocycles.